The Hall–Kier alpha value is -2.62. The summed E-state index contributed by atoms with van der Waals surface area (Å²) in [5.41, 5.74) is 1.34. The molecule has 1 heterocycles. The van der Waals surface area contributed by atoms with Gasteiger partial charge in [0, 0.05) is 24.2 Å². The number of allylic oxidation sites excluding steroid dienone is 3. The number of benzene rings is 1. The molecule has 0 saturated carbocycles. The average molecular weight is 357 g/mol. The molecule has 0 unspecified atom stereocenters. The molecule has 1 aliphatic rings. The molecule has 0 spiro atoms. The van der Waals surface area contributed by atoms with Crippen LogP contribution in [0.2, 0.25) is 0 Å². The molecule has 0 radical (unpaired) electrons. The van der Waals surface area contributed by atoms with Gasteiger partial charge in [-0.1, -0.05) is 70.7 Å². The summed E-state index contributed by atoms with van der Waals surface area (Å²) in [7, 11) is 0. The average Bonchev–Trinajstić information content (AvgIpc) is 2.72. The molecule has 4 nitrogen and oxygen atoms in total. The topological polar surface area (TPSA) is 40.6 Å². The zero-order valence-electron chi connectivity index (χ0n) is 16.7. The van der Waals surface area contributed by atoms with Crippen molar-refractivity contribution in [3.63, 3.8) is 0 Å². The van der Waals surface area contributed by atoms with Gasteiger partial charge in [0.05, 0.1) is 0 Å². The number of hydrogen-bond acceptors (Lipinski definition) is 2. The second-order valence-electron chi connectivity index (χ2n) is 4.97. The zero-order valence-corrected chi connectivity index (χ0v) is 16.7. The van der Waals surface area contributed by atoms with Crippen molar-refractivity contribution in [2.75, 3.05) is 18.1 Å². The van der Waals surface area contributed by atoms with Crippen LogP contribution in [-0.4, -0.2) is 29.9 Å². The smallest absolute Gasteiger partial charge is 0.255 e. The fourth-order valence-corrected chi connectivity index (χ4v) is 2.29. The molecule has 1 aliphatic heterocycles. The number of amides is 2. The fourth-order valence-electron chi connectivity index (χ4n) is 2.29. The van der Waals surface area contributed by atoms with Crippen LogP contribution in [-0.2, 0) is 9.59 Å². The van der Waals surface area contributed by atoms with Crippen molar-refractivity contribution in [3.05, 3.63) is 66.8 Å². The first-order valence-corrected chi connectivity index (χ1v) is 9.27. The van der Waals surface area contributed by atoms with Gasteiger partial charge in [0.2, 0.25) is 5.91 Å². The van der Waals surface area contributed by atoms with E-state index in [1.165, 1.54) is 0 Å². The van der Waals surface area contributed by atoms with Crippen molar-refractivity contribution in [2.24, 2.45) is 0 Å². The maximum Gasteiger partial charge on any atom is 0.255 e. The van der Waals surface area contributed by atoms with Crippen LogP contribution in [0.4, 0.5) is 5.69 Å². The highest BCUT2D eigenvalue weighted by Crippen LogP contribution is 2.20. The van der Waals surface area contributed by atoms with Crippen LogP contribution in [0.1, 0.15) is 41.0 Å². The quantitative estimate of drug-likeness (QED) is 0.566. The van der Waals surface area contributed by atoms with Crippen molar-refractivity contribution in [1.82, 2.24) is 4.90 Å². The standard InChI is InChI=1S/C18H20N2O2.2C2H6/c1-3-5-9-15(4-2)18(22)19-13-12-17(21)20(14-19)16-10-7-6-8-11-16;2*1-2/h3-11H,2,12-14H2,1H3;2*1-2H3/b5-3-,15-9+;;. The molecular weight excluding hydrogens is 324 g/mol. The van der Waals surface area contributed by atoms with Gasteiger partial charge in [0.1, 0.15) is 6.67 Å². The predicted octanol–water partition coefficient (Wildman–Crippen LogP) is 4.95. The maximum absolute atomic E-state index is 12.5. The Kier molecular flexibility index (Phi) is 12.3. The number of carbonyl (C=O) groups excluding carboxylic acids is 2. The number of hydrogen-bond donors (Lipinski definition) is 0. The molecule has 1 aromatic carbocycles. The summed E-state index contributed by atoms with van der Waals surface area (Å²) >= 11 is 0. The van der Waals surface area contributed by atoms with Crippen LogP contribution in [0.5, 0.6) is 0 Å². The molecule has 2 amide bonds. The van der Waals surface area contributed by atoms with E-state index in [1.807, 2.05) is 71.0 Å². The van der Waals surface area contributed by atoms with Gasteiger partial charge >= 0.3 is 0 Å². The third kappa shape index (κ3) is 6.71. The van der Waals surface area contributed by atoms with E-state index in [2.05, 4.69) is 6.58 Å². The first-order chi connectivity index (χ1) is 12.7. The van der Waals surface area contributed by atoms with Crippen LogP contribution in [0.25, 0.3) is 0 Å². The van der Waals surface area contributed by atoms with Crippen LogP contribution >= 0.6 is 0 Å². The Balaban J connectivity index is 0.00000146. The van der Waals surface area contributed by atoms with Crippen LogP contribution in [0, 0.1) is 0 Å². The number of para-hydroxylation sites is 1. The summed E-state index contributed by atoms with van der Waals surface area (Å²) < 4.78 is 0. The molecule has 142 valence electrons. The Bertz CT molecular complexity index is 618. The van der Waals surface area contributed by atoms with Gasteiger partial charge in [-0.15, -0.1) is 0 Å². The SMILES string of the molecule is C=C/C(=C\C=C/C)C(=O)N1CCC(=O)N(c2ccccc2)C1.CC.CC. The lowest BCUT2D eigenvalue weighted by Crippen LogP contribution is -2.50. The summed E-state index contributed by atoms with van der Waals surface area (Å²) in [4.78, 5) is 28.0. The van der Waals surface area contributed by atoms with Crippen molar-refractivity contribution in [3.8, 4) is 0 Å². The molecule has 1 aromatic rings. The van der Waals surface area contributed by atoms with Crippen molar-refractivity contribution < 1.29 is 9.59 Å². The highest BCUT2D eigenvalue weighted by atomic mass is 16.2. The van der Waals surface area contributed by atoms with Gasteiger partial charge in [-0.25, -0.2) is 0 Å². The second-order valence-corrected chi connectivity index (χ2v) is 4.97. The molecule has 0 N–H and O–H groups in total. The minimum atomic E-state index is -0.110. The first kappa shape index (κ1) is 23.4. The van der Waals surface area contributed by atoms with Crippen LogP contribution in [0.15, 0.2) is 66.8 Å². The molecular formula is C22H32N2O2. The fraction of sp³-hybridized carbons (Fsp3) is 0.364. The second kappa shape index (κ2) is 13.6. The molecule has 1 fully saturated rings. The Labute approximate surface area is 158 Å². The minimum absolute atomic E-state index is 0.0350. The largest absolute Gasteiger partial charge is 0.320 e. The molecule has 0 atom stereocenters. The van der Waals surface area contributed by atoms with E-state index in [0.717, 1.165) is 5.69 Å². The molecule has 2 rings (SSSR count). The number of nitrogens with zero attached hydrogens (tertiary/aromatic N) is 2. The summed E-state index contributed by atoms with van der Waals surface area (Å²) in [6, 6.07) is 9.40. The third-order valence-corrected chi connectivity index (χ3v) is 3.50. The van der Waals surface area contributed by atoms with Gasteiger partial charge in [-0.05, 0) is 25.1 Å². The molecule has 0 aliphatic carbocycles. The summed E-state index contributed by atoms with van der Waals surface area (Å²) in [5, 5.41) is 0. The van der Waals surface area contributed by atoms with Crippen LogP contribution < -0.4 is 4.90 Å². The van der Waals surface area contributed by atoms with E-state index in [1.54, 1.807) is 28.0 Å². The molecule has 0 bridgehead atoms. The van der Waals surface area contributed by atoms with Gasteiger partial charge in [0.25, 0.3) is 5.91 Å². The highest BCUT2D eigenvalue weighted by Gasteiger charge is 2.28. The van der Waals surface area contributed by atoms with Gasteiger partial charge < -0.3 is 4.90 Å². The van der Waals surface area contributed by atoms with E-state index < -0.39 is 0 Å². The summed E-state index contributed by atoms with van der Waals surface area (Å²) in [5.74, 6) is -0.0747. The monoisotopic (exact) mass is 356 g/mol. The third-order valence-electron chi connectivity index (χ3n) is 3.50. The minimum Gasteiger partial charge on any atom is -0.320 e. The first-order valence-electron chi connectivity index (χ1n) is 9.27. The summed E-state index contributed by atoms with van der Waals surface area (Å²) in [6.07, 6.45) is 7.27. The van der Waals surface area contributed by atoms with Crippen molar-refractivity contribution >= 4 is 17.5 Å². The zero-order chi connectivity index (χ0) is 19.9. The van der Waals surface area contributed by atoms with Gasteiger partial charge in [-0.2, -0.15) is 0 Å². The van der Waals surface area contributed by atoms with E-state index in [4.69, 9.17) is 0 Å². The van der Waals surface area contributed by atoms with E-state index in [0.29, 0.717) is 18.5 Å². The van der Waals surface area contributed by atoms with Gasteiger partial charge in [-0.3, -0.25) is 14.5 Å². The maximum atomic E-state index is 12.5. The Morgan fingerprint density at radius 1 is 1.12 bits per heavy atom. The van der Waals surface area contributed by atoms with E-state index in [9.17, 15) is 9.59 Å². The lowest BCUT2D eigenvalue weighted by molar-refractivity contribution is -0.130. The van der Waals surface area contributed by atoms with Gasteiger partial charge in [0.15, 0.2) is 0 Å². The molecule has 26 heavy (non-hydrogen) atoms. The van der Waals surface area contributed by atoms with Crippen LogP contribution in [0.3, 0.4) is 0 Å². The predicted molar refractivity (Wildman–Crippen MR) is 111 cm³/mol. The Morgan fingerprint density at radius 3 is 2.27 bits per heavy atom. The normalized spacial score (nSPS) is 14.2. The van der Waals surface area contributed by atoms with E-state index in [-0.39, 0.29) is 18.5 Å². The Morgan fingerprint density at radius 2 is 1.73 bits per heavy atom. The molecule has 0 aromatic heterocycles. The highest BCUT2D eigenvalue weighted by molar-refractivity contribution is 6.00. The lowest BCUT2D eigenvalue weighted by atomic mass is 10.1. The molecule has 4 heteroatoms. The number of anilines is 1. The van der Waals surface area contributed by atoms with E-state index >= 15 is 0 Å². The summed E-state index contributed by atoms with van der Waals surface area (Å²) in [6.45, 7) is 14.3. The van der Waals surface area contributed by atoms with Crippen molar-refractivity contribution in [2.45, 2.75) is 41.0 Å². The lowest BCUT2D eigenvalue weighted by Gasteiger charge is -2.35. The van der Waals surface area contributed by atoms with Crippen molar-refractivity contribution in [1.29, 1.82) is 0 Å². The number of carbonyl (C=O) groups is 2. The molecule has 1 saturated heterocycles. The number of rotatable bonds is 4.